The van der Waals surface area contributed by atoms with E-state index in [1.54, 1.807) is 6.20 Å². The van der Waals surface area contributed by atoms with Gasteiger partial charge in [-0.25, -0.2) is 0 Å². The molecular formula is C30H27N3O. The number of pyridine rings is 1. The number of ketones is 1. The van der Waals surface area contributed by atoms with Crippen LogP contribution in [-0.2, 0) is 24.3 Å². The minimum atomic E-state index is -0.402. The Labute approximate surface area is 201 Å². The molecule has 0 aliphatic heterocycles. The van der Waals surface area contributed by atoms with E-state index in [-0.39, 0.29) is 12.2 Å². The first-order valence-electron chi connectivity index (χ1n) is 11.4. The third-order valence-electron chi connectivity index (χ3n) is 5.87. The summed E-state index contributed by atoms with van der Waals surface area (Å²) in [5, 5.41) is 9.28. The van der Waals surface area contributed by atoms with Crippen LogP contribution >= 0.6 is 0 Å². The van der Waals surface area contributed by atoms with Crippen LogP contribution in [0.1, 0.15) is 23.1 Å². The van der Waals surface area contributed by atoms with Gasteiger partial charge >= 0.3 is 0 Å². The number of aromatic nitrogens is 1. The monoisotopic (exact) mass is 445 g/mol. The molecule has 0 saturated carbocycles. The van der Waals surface area contributed by atoms with E-state index in [4.69, 9.17) is 0 Å². The van der Waals surface area contributed by atoms with E-state index in [2.05, 4.69) is 52.4 Å². The fourth-order valence-corrected chi connectivity index (χ4v) is 4.12. The van der Waals surface area contributed by atoms with E-state index in [9.17, 15) is 10.1 Å². The molecule has 0 saturated heterocycles. The van der Waals surface area contributed by atoms with Gasteiger partial charge in [0, 0.05) is 24.8 Å². The molecule has 168 valence electrons. The Kier molecular flexibility index (Phi) is 7.95. The smallest absolute Gasteiger partial charge is 0.164 e. The number of rotatable bonds is 10. The normalized spacial score (nSPS) is 11.6. The molecule has 0 spiro atoms. The van der Waals surface area contributed by atoms with Crippen molar-refractivity contribution in [2.75, 3.05) is 0 Å². The van der Waals surface area contributed by atoms with E-state index < -0.39 is 6.04 Å². The van der Waals surface area contributed by atoms with Gasteiger partial charge in [-0.3, -0.25) is 14.7 Å². The molecule has 0 amide bonds. The van der Waals surface area contributed by atoms with Gasteiger partial charge in [0.1, 0.15) is 0 Å². The van der Waals surface area contributed by atoms with Crippen LogP contribution < -0.4 is 0 Å². The number of hydrogen-bond acceptors (Lipinski definition) is 4. The van der Waals surface area contributed by atoms with Crippen LogP contribution in [0.3, 0.4) is 0 Å². The Hall–Kier alpha value is -4.07. The maximum absolute atomic E-state index is 13.2. The fourth-order valence-electron chi connectivity index (χ4n) is 4.12. The van der Waals surface area contributed by atoms with Crippen molar-refractivity contribution in [3.05, 3.63) is 126 Å². The predicted octanol–water partition coefficient (Wildman–Crippen LogP) is 5.84. The zero-order valence-corrected chi connectivity index (χ0v) is 19.0. The molecule has 3 aromatic carbocycles. The molecule has 0 aliphatic rings. The van der Waals surface area contributed by atoms with Gasteiger partial charge in [-0.2, -0.15) is 5.26 Å². The third kappa shape index (κ3) is 6.25. The lowest BCUT2D eigenvalue weighted by Gasteiger charge is -2.31. The van der Waals surface area contributed by atoms with Gasteiger partial charge < -0.3 is 0 Å². The van der Waals surface area contributed by atoms with Crippen LogP contribution in [0, 0.1) is 11.3 Å². The van der Waals surface area contributed by atoms with Crippen LogP contribution in [0.15, 0.2) is 109 Å². The fraction of sp³-hybridized carbons (Fsp3) is 0.167. The van der Waals surface area contributed by atoms with Gasteiger partial charge in [-0.15, -0.1) is 0 Å². The second-order valence-corrected chi connectivity index (χ2v) is 8.31. The Bertz CT molecular complexity index is 1180. The van der Waals surface area contributed by atoms with Crippen LogP contribution in [-0.4, -0.2) is 21.7 Å². The number of nitrogens with zero attached hydrogens (tertiary/aromatic N) is 3. The number of hydrogen-bond donors (Lipinski definition) is 0. The summed E-state index contributed by atoms with van der Waals surface area (Å²) in [4.78, 5) is 19.8. The second kappa shape index (κ2) is 11.7. The summed E-state index contributed by atoms with van der Waals surface area (Å²) >= 11 is 0. The standard InChI is InChI=1S/C30H27N3O/c31-19-18-30(34)29(21-24-14-16-27(17-15-24)28-13-7-8-20-32-28)33(22-25-9-3-1-4-10-25)23-26-11-5-2-6-12-26/h1-17,20,29H,18,21-23H2/t29-/m0/s1. The molecule has 0 fully saturated rings. The number of carbonyl (C=O) groups excluding carboxylic acids is 1. The van der Waals surface area contributed by atoms with Crippen LogP contribution in [0.2, 0.25) is 0 Å². The van der Waals surface area contributed by atoms with Crippen LogP contribution in [0.25, 0.3) is 11.3 Å². The summed E-state index contributed by atoms with van der Waals surface area (Å²) in [6.45, 7) is 1.26. The highest BCUT2D eigenvalue weighted by Gasteiger charge is 2.26. The molecule has 0 radical (unpaired) electrons. The van der Waals surface area contributed by atoms with Gasteiger partial charge in [0.05, 0.1) is 24.2 Å². The Balaban J connectivity index is 1.62. The lowest BCUT2D eigenvalue weighted by molar-refractivity contribution is -0.123. The summed E-state index contributed by atoms with van der Waals surface area (Å²) in [6.07, 6.45) is 2.23. The van der Waals surface area contributed by atoms with E-state index in [1.807, 2.05) is 66.7 Å². The van der Waals surface area contributed by atoms with Crippen molar-refractivity contribution in [1.29, 1.82) is 5.26 Å². The SMILES string of the molecule is N#CCC(=O)[C@H](Cc1ccc(-c2ccccn2)cc1)N(Cc1ccccc1)Cc1ccccc1. The number of nitriles is 1. The van der Waals surface area contributed by atoms with Crippen molar-refractivity contribution >= 4 is 5.78 Å². The van der Waals surface area contributed by atoms with Gasteiger partial charge in [0.2, 0.25) is 0 Å². The first-order valence-corrected chi connectivity index (χ1v) is 11.4. The molecule has 0 unspecified atom stereocenters. The van der Waals surface area contributed by atoms with E-state index >= 15 is 0 Å². The van der Waals surface area contributed by atoms with Crippen molar-refractivity contribution in [2.24, 2.45) is 0 Å². The number of carbonyl (C=O) groups is 1. The number of benzene rings is 3. The first-order chi connectivity index (χ1) is 16.7. The average molecular weight is 446 g/mol. The highest BCUT2D eigenvalue weighted by molar-refractivity contribution is 5.86. The van der Waals surface area contributed by atoms with Crippen molar-refractivity contribution in [2.45, 2.75) is 32.0 Å². The molecule has 1 aromatic heterocycles. The summed E-state index contributed by atoms with van der Waals surface area (Å²) in [5.41, 5.74) is 5.29. The first kappa shape index (κ1) is 23.1. The molecule has 4 rings (SSSR count). The lowest BCUT2D eigenvalue weighted by atomic mass is 9.96. The molecule has 4 aromatic rings. The minimum Gasteiger partial charge on any atom is -0.297 e. The largest absolute Gasteiger partial charge is 0.297 e. The molecule has 0 N–H and O–H groups in total. The predicted molar refractivity (Wildman–Crippen MR) is 135 cm³/mol. The summed E-state index contributed by atoms with van der Waals surface area (Å²) in [6, 6.07) is 36.0. The van der Waals surface area contributed by atoms with Gasteiger partial charge in [0.15, 0.2) is 5.78 Å². The van der Waals surface area contributed by atoms with Gasteiger partial charge in [-0.05, 0) is 35.2 Å². The summed E-state index contributed by atoms with van der Waals surface area (Å²) < 4.78 is 0. The zero-order valence-electron chi connectivity index (χ0n) is 19.0. The maximum atomic E-state index is 13.2. The zero-order chi connectivity index (χ0) is 23.6. The quantitative estimate of drug-likeness (QED) is 0.307. The Morgan fingerprint density at radius 1 is 0.765 bits per heavy atom. The average Bonchev–Trinajstić information content (AvgIpc) is 2.89. The molecular weight excluding hydrogens is 418 g/mol. The molecule has 4 nitrogen and oxygen atoms in total. The van der Waals surface area contributed by atoms with Crippen LogP contribution in [0.4, 0.5) is 0 Å². The Morgan fingerprint density at radius 3 is 1.88 bits per heavy atom. The summed E-state index contributed by atoms with van der Waals surface area (Å²) in [7, 11) is 0. The molecule has 1 atom stereocenters. The van der Waals surface area contributed by atoms with Gasteiger partial charge in [-0.1, -0.05) is 91.0 Å². The van der Waals surface area contributed by atoms with E-state index in [0.717, 1.165) is 27.9 Å². The molecule has 0 bridgehead atoms. The van der Waals surface area contributed by atoms with E-state index in [0.29, 0.717) is 19.5 Å². The van der Waals surface area contributed by atoms with Crippen molar-refractivity contribution in [3.8, 4) is 17.3 Å². The maximum Gasteiger partial charge on any atom is 0.164 e. The molecule has 1 heterocycles. The lowest BCUT2D eigenvalue weighted by Crippen LogP contribution is -2.42. The molecule has 4 heteroatoms. The van der Waals surface area contributed by atoms with Crippen molar-refractivity contribution < 1.29 is 4.79 Å². The highest BCUT2D eigenvalue weighted by atomic mass is 16.1. The molecule has 0 aliphatic carbocycles. The van der Waals surface area contributed by atoms with Crippen molar-refractivity contribution in [1.82, 2.24) is 9.88 Å². The Morgan fingerprint density at radius 2 is 1.35 bits per heavy atom. The van der Waals surface area contributed by atoms with Crippen LogP contribution in [0.5, 0.6) is 0 Å². The van der Waals surface area contributed by atoms with E-state index in [1.165, 1.54) is 0 Å². The number of Topliss-reactive ketones (excluding diaryl/α,β-unsaturated/α-hetero) is 1. The highest BCUT2D eigenvalue weighted by Crippen LogP contribution is 2.21. The van der Waals surface area contributed by atoms with Gasteiger partial charge in [0.25, 0.3) is 0 Å². The minimum absolute atomic E-state index is 0.0526. The third-order valence-corrected chi connectivity index (χ3v) is 5.87. The second-order valence-electron chi connectivity index (χ2n) is 8.31. The topological polar surface area (TPSA) is 57.0 Å². The van der Waals surface area contributed by atoms with Crippen molar-refractivity contribution in [3.63, 3.8) is 0 Å². The summed E-state index contributed by atoms with van der Waals surface area (Å²) in [5.74, 6) is -0.0526. The molecule has 34 heavy (non-hydrogen) atoms.